The number of H-pyrrole nitrogens is 1. The molecule has 0 unspecified atom stereocenters. The fourth-order valence-corrected chi connectivity index (χ4v) is 4.56. The summed E-state index contributed by atoms with van der Waals surface area (Å²) in [4.78, 5) is 10.9. The van der Waals surface area contributed by atoms with Crippen LogP contribution in [0.4, 0.5) is 4.39 Å². The maximum absolute atomic E-state index is 14.4. The first kappa shape index (κ1) is 22.6. The first-order valence-electron chi connectivity index (χ1n) is 11.0. The molecule has 1 fully saturated rings. The van der Waals surface area contributed by atoms with E-state index in [0.29, 0.717) is 21.5 Å². The first-order valence-corrected chi connectivity index (χ1v) is 11.4. The minimum atomic E-state index is -1.02. The van der Waals surface area contributed by atoms with E-state index in [1.165, 1.54) is 6.08 Å². The van der Waals surface area contributed by atoms with E-state index in [-0.39, 0.29) is 5.92 Å². The number of hydrogen-bond acceptors (Lipinski definition) is 3. The highest BCUT2D eigenvalue weighted by Crippen LogP contribution is 2.49. The van der Waals surface area contributed by atoms with Crippen molar-refractivity contribution in [3.8, 4) is 6.07 Å². The first-order chi connectivity index (χ1) is 16.9. The smallest absolute Gasteiger partial charge is 0.328 e. The number of hydrogen-bond donors (Lipinski definition) is 2. The Kier molecular flexibility index (Phi) is 5.94. The number of rotatable bonds is 6. The molecular formula is C28H19ClFN3O2. The maximum Gasteiger partial charge on any atom is 0.328 e. The molecule has 1 saturated carbocycles. The zero-order valence-electron chi connectivity index (χ0n) is 18.4. The number of benzene rings is 3. The molecule has 0 bridgehead atoms. The Hall–Kier alpha value is -4.21. The van der Waals surface area contributed by atoms with Gasteiger partial charge in [-0.2, -0.15) is 14.8 Å². The fraction of sp³-hybridized carbons (Fsp3) is 0.107. The molecule has 1 aliphatic rings. The van der Waals surface area contributed by atoms with Gasteiger partial charge in [0.15, 0.2) is 0 Å². The van der Waals surface area contributed by atoms with Crippen molar-refractivity contribution in [3.05, 3.63) is 106 Å². The summed E-state index contributed by atoms with van der Waals surface area (Å²) in [5.41, 5.74) is 6.25. The number of nitrogens with zero attached hydrogens (tertiary/aromatic N) is 2. The molecule has 3 aromatic carbocycles. The molecule has 0 radical (unpaired) electrons. The highest BCUT2D eigenvalue weighted by Gasteiger charge is 2.32. The van der Waals surface area contributed by atoms with Crippen molar-refractivity contribution in [1.82, 2.24) is 10.2 Å². The normalized spacial score (nSPS) is 14.2. The van der Waals surface area contributed by atoms with Crippen molar-refractivity contribution in [1.29, 1.82) is 5.26 Å². The van der Waals surface area contributed by atoms with Crippen molar-refractivity contribution >= 4 is 45.7 Å². The van der Waals surface area contributed by atoms with E-state index >= 15 is 0 Å². The molecule has 1 aromatic heterocycles. The predicted molar refractivity (Wildman–Crippen MR) is 134 cm³/mol. The Balaban J connectivity index is 1.75. The number of nitriles is 1. The van der Waals surface area contributed by atoms with Crippen molar-refractivity contribution in [2.75, 3.05) is 0 Å². The molecule has 5 rings (SSSR count). The molecular weight excluding hydrogens is 465 g/mol. The number of aromatic amines is 1. The third-order valence-corrected chi connectivity index (χ3v) is 6.37. The lowest BCUT2D eigenvalue weighted by atomic mass is 9.86. The van der Waals surface area contributed by atoms with Crippen LogP contribution in [0.3, 0.4) is 0 Å². The zero-order valence-corrected chi connectivity index (χ0v) is 19.2. The third-order valence-electron chi connectivity index (χ3n) is 6.06. The summed E-state index contributed by atoms with van der Waals surface area (Å²) in [5, 5.41) is 25.5. The maximum atomic E-state index is 14.4. The Bertz CT molecular complexity index is 1560. The molecule has 0 atom stereocenters. The van der Waals surface area contributed by atoms with Crippen LogP contribution in [-0.2, 0) is 4.79 Å². The number of carboxylic acid groups (broad SMARTS) is 1. The van der Waals surface area contributed by atoms with Crippen LogP contribution >= 0.6 is 11.6 Å². The third kappa shape index (κ3) is 4.59. The molecule has 7 heteroatoms. The Labute approximate surface area is 205 Å². The van der Waals surface area contributed by atoms with Crippen molar-refractivity contribution < 1.29 is 14.3 Å². The lowest BCUT2D eigenvalue weighted by Crippen LogP contribution is -1.99. The largest absolute Gasteiger partial charge is 0.478 e. The van der Waals surface area contributed by atoms with Gasteiger partial charge in [-0.05, 0) is 82.5 Å². The summed E-state index contributed by atoms with van der Waals surface area (Å²) < 4.78 is 14.4. The number of allylic oxidation sites excluding steroid dienone is 1. The number of carbonyl (C=O) groups is 1. The Morgan fingerprint density at radius 3 is 2.51 bits per heavy atom. The number of aliphatic carboxylic acids is 1. The van der Waals surface area contributed by atoms with Gasteiger partial charge in [0, 0.05) is 11.1 Å². The van der Waals surface area contributed by atoms with Gasteiger partial charge in [0.1, 0.15) is 0 Å². The number of aromatic nitrogens is 2. The van der Waals surface area contributed by atoms with Crippen LogP contribution in [0.25, 0.3) is 28.1 Å². The van der Waals surface area contributed by atoms with Gasteiger partial charge in [-0.1, -0.05) is 48.0 Å². The molecule has 0 spiro atoms. The van der Waals surface area contributed by atoms with Crippen LogP contribution in [0.15, 0.2) is 66.7 Å². The lowest BCUT2D eigenvalue weighted by Gasteiger charge is -2.18. The molecule has 0 saturated heterocycles. The monoisotopic (exact) mass is 483 g/mol. The molecule has 35 heavy (non-hydrogen) atoms. The van der Waals surface area contributed by atoms with E-state index < -0.39 is 11.9 Å². The fourth-order valence-electron chi connectivity index (χ4n) is 4.27. The van der Waals surface area contributed by atoms with Crippen LogP contribution in [-0.4, -0.2) is 21.3 Å². The van der Waals surface area contributed by atoms with Gasteiger partial charge in [0.25, 0.3) is 0 Å². The van der Waals surface area contributed by atoms with Crippen LogP contribution in [0.5, 0.6) is 0 Å². The van der Waals surface area contributed by atoms with Crippen molar-refractivity contribution in [2.45, 2.75) is 12.8 Å². The van der Waals surface area contributed by atoms with Crippen LogP contribution in [0, 0.1) is 23.2 Å². The van der Waals surface area contributed by atoms with Gasteiger partial charge in [0.05, 0.1) is 22.5 Å². The van der Waals surface area contributed by atoms with Crippen molar-refractivity contribution in [3.63, 3.8) is 0 Å². The summed E-state index contributed by atoms with van der Waals surface area (Å²) in [6.45, 7) is 0. The molecule has 5 nitrogen and oxygen atoms in total. The minimum Gasteiger partial charge on any atom is -0.478 e. The molecule has 0 amide bonds. The molecule has 1 heterocycles. The molecule has 172 valence electrons. The number of nitrogens with one attached hydrogen (secondary N) is 1. The second kappa shape index (κ2) is 9.21. The van der Waals surface area contributed by atoms with Gasteiger partial charge in [-0.25, -0.2) is 4.79 Å². The summed E-state index contributed by atoms with van der Waals surface area (Å²) in [7, 11) is 0. The summed E-state index contributed by atoms with van der Waals surface area (Å²) in [5.74, 6) is -1.25. The average molecular weight is 484 g/mol. The topological polar surface area (TPSA) is 89.8 Å². The number of halogens is 2. The van der Waals surface area contributed by atoms with Gasteiger partial charge in [-0.3, -0.25) is 5.10 Å². The minimum absolute atomic E-state index is 0.270. The molecule has 4 aromatic rings. The number of fused-ring (bicyclic) bond motifs is 1. The van der Waals surface area contributed by atoms with Crippen LogP contribution in [0.2, 0.25) is 5.02 Å². The van der Waals surface area contributed by atoms with E-state index in [0.717, 1.165) is 52.3 Å². The van der Waals surface area contributed by atoms with E-state index in [9.17, 15) is 14.4 Å². The standard InChI is InChI=1S/C28H19ClFN3O2/c29-23-13-17(15-31)3-10-21(23)27(19-7-8-19)26(18-5-1-16(2-6-18)4-12-25(34)35)20-9-11-24-22(14-20)28(30)33-32-24/h1-6,9-14,19H,7-8H2,(H,32,33)(H,34,35)/b12-4+,27-26+. The van der Waals surface area contributed by atoms with Crippen LogP contribution < -0.4 is 0 Å². The zero-order chi connectivity index (χ0) is 24.5. The second-order valence-corrected chi connectivity index (χ2v) is 8.84. The quantitative estimate of drug-likeness (QED) is 0.236. The van der Waals surface area contributed by atoms with Gasteiger partial charge >= 0.3 is 5.97 Å². The molecule has 0 aliphatic heterocycles. The average Bonchev–Trinajstić information content (AvgIpc) is 3.64. The summed E-state index contributed by atoms with van der Waals surface area (Å²) in [6, 6.07) is 20.4. The predicted octanol–water partition coefficient (Wildman–Crippen LogP) is 6.69. The van der Waals surface area contributed by atoms with Crippen LogP contribution in [0.1, 0.15) is 40.7 Å². The van der Waals surface area contributed by atoms with E-state index in [1.54, 1.807) is 24.3 Å². The molecule has 1 aliphatic carbocycles. The van der Waals surface area contributed by atoms with Gasteiger partial charge in [0.2, 0.25) is 5.95 Å². The Morgan fingerprint density at radius 2 is 1.86 bits per heavy atom. The second-order valence-electron chi connectivity index (χ2n) is 8.43. The van der Waals surface area contributed by atoms with Crippen molar-refractivity contribution in [2.24, 2.45) is 5.92 Å². The van der Waals surface area contributed by atoms with Gasteiger partial charge in [-0.15, -0.1) is 0 Å². The molecule has 2 N–H and O–H groups in total. The van der Waals surface area contributed by atoms with E-state index in [4.69, 9.17) is 16.7 Å². The lowest BCUT2D eigenvalue weighted by molar-refractivity contribution is -0.131. The highest BCUT2D eigenvalue weighted by atomic mass is 35.5. The Morgan fingerprint density at radius 1 is 1.11 bits per heavy atom. The van der Waals surface area contributed by atoms with E-state index in [2.05, 4.69) is 16.3 Å². The van der Waals surface area contributed by atoms with Gasteiger partial charge < -0.3 is 5.11 Å². The highest BCUT2D eigenvalue weighted by molar-refractivity contribution is 6.33. The number of carboxylic acids is 1. The summed E-state index contributed by atoms with van der Waals surface area (Å²) >= 11 is 6.67. The van der Waals surface area contributed by atoms with E-state index in [1.807, 2.05) is 36.4 Å². The SMILES string of the molecule is N#Cc1ccc(/C(=C(\c2ccc(/C=C/C(=O)O)cc2)c2ccc3n[nH]c(F)c3c2)C2CC2)c(Cl)c1. The summed E-state index contributed by atoms with van der Waals surface area (Å²) in [6.07, 6.45) is 4.61.